The van der Waals surface area contributed by atoms with E-state index in [1.54, 1.807) is 6.07 Å². The van der Waals surface area contributed by atoms with Gasteiger partial charge in [-0.3, -0.25) is 0 Å². The molecule has 17 heavy (non-hydrogen) atoms. The van der Waals surface area contributed by atoms with Crippen LogP contribution in [-0.4, -0.2) is 36.4 Å². The van der Waals surface area contributed by atoms with Crippen LogP contribution in [0.2, 0.25) is 0 Å². The van der Waals surface area contributed by atoms with Gasteiger partial charge in [-0.05, 0) is 25.0 Å². The Hall–Kier alpha value is -1.62. The molecular weight excluding hydrogens is 222 g/mol. The number of rotatable bonds is 3. The molecule has 1 N–H and O–H groups in total. The van der Waals surface area contributed by atoms with Crippen molar-refractivity contribution < 1.29 is 19.4 Å². The molecule has 1 saturated heterocycles. The molecule has 1 aromatic heterocycles. The van der Waals surface area contributed by atoms with Crippen molar-refractivity contribution in [3.8, 4) is 5.88 Å². The van der Waals surface area contributed by atoms with Gasteiger partial charge in [-0.2, -0.15) is 0 Å². The molecule has 2 heterocycles. The third-order valence-corrected chi connectivity index (χ3v) is 2.88. The van der Waals surface area contributed by atoms with Crippen molar-refractivity contribution >= 4 is 5.97 Å². The van der Waals surface area contributed by atoms with Crippen LogP contribution in [0.15, 0.2) is 12.1 Å². The summed E-state index contributed by atoms with van der Waals surface area (Å²) in [4.78, 5) is 15.2. The van der Waals surface area contributed by atoms with Gasteiger partial charge < -0.3 is 14.6 Å². The molecule has 0 aliphatic carbocycles. The second-order valence-electron chi connectivity index (χ2n) is 4.01. The summed E-state index contributed by atoms with van der Waals surface area (Å²) in [6, 6.07) is 3.28. The van der Waals surface area contributed by atoms with Gasteiger partial charge in [0.05, 0.1) is 13.7 Å². The zero-order chi connectivity index (χ0) is 12.3. The molecule has 0 spiro atoms. The van der Waals surface area contributed by atoms with E-state index in [0.717, 1.165) is 25.1 Å². The van der Waals surface area contributed by atoms with Crippen LogP contribution in [0.1, 0.15) is 34.8 Å². The molecule has 0 radical (unpaired) electrons. The van der Waals surface area contributed by atoms with Crippen LogP contribution in [0.3, 0.4) is 0 Å². The minimum atomic E-state index is -1.03. The van der Waals surface area contributed by atoms with E-state index in [0.29, 0.717) is 6.61 Å². The topological polar surface area (TPSA) is 68.7 Å². The number of nitrogens with zero attached hydrogens (tertiary/aromatic N) is 1. The maximum atomic E-state index is 10.9. The van der Waals surface area contributed by atoms with Crippen molar-refractivity contribution in [3.63, 3.8) is 0 Å². The van der Waals surface area contributed by atoms with Gasteiger partial charge in [0.2, 0.25) is 5.88 Å². The Labute approximate surface area is 99.4 Å². The van der Waals surface area contributed by atoms with E-state index >= 15 is 0 Å². The summed E-state index contributed by atoms with van der Waals surface area (Å²) in [5, 5.41) is 8.95. The molecule has 0 aromatic carbocycles. The lowest BCUT2D eigenvalue weighted by Gasteiger charge is -2.22. The second-order valence-corrected chi connectivity index (χ2v) is 4.01. The summed E-state index contributed by atoms with van der Waals surface area (Å²) < 4.78 is 10.4. The fraction of sp³-hybridized carbons (Fsp3) is 0.500. The monoisotopic (exact) mass is 237 g/mol. The number of carbonyl (C=O) groups is 1. The van der Waals surface area contributed by atoms with Gasteiger partial charge >= 0.3 is 5.97 Å². The number of aromatic carboxylic acids is 1. The molecule has 2 rings (SSSR count). The standard InChI is InChI=1S/C12H15NO4/c1-16-11-9(12(14)15)4-5-10(13-11)8-3-2-6-17-7-8/h4-5,8H,2-3,6-7H2,1H3,(H,14,15). The van der Waals surface area contributed by atoms with Crippen LogP contribution in [0, 0.1) is 0 Å². The molecule has 1 fully saturated rings. The Balaban J connectivity index is 2.27. The molecular formula is C12H15NO4. The van der Waals surface area contributed by atoms with Crippen LogP contribution < -0.4 is 4.74 Å². The van der Waals surface area contributed by atoms with E-state index in [2.05, 4.69) is 4.98 Å². The van der Waals surface area contributed by atoms with E-state index in [-0.39, 0.29) is 17.4 Å². The van der Waals surface area contributed by atoms with Crippen molar-refractivity contribution in [1.29, 1.82) is 0 Å². The largest absolute Gasteiger partial charge is 0.480 e. The van der Waals surface area contributed by atoms with Crippen molar-refractivity contribution in [2.75, 3.05) is 20.3 Å². The zero-order valence-corrected chi connectivity index (χ0v) is 9.68. The van der Waals surface area contributed by atoms with Gasteiger partial charge in [-0.15, -0.1) is 0 Å². The quantitative estimate of drug-likeness (QED) is 0.866. The summed E-state index contributed by atoms with van der Waals surface area (Å²) in [6.45, 7) is 1.43. The molecule has 1 unspecified atom stereocenters. The number of aromatic nitrogens is 1. The van der Waals surface area contributed by atoms with Crippen LogP contribution in [0.25, 0.3) is 0 Å². The smallest absolute Gasteiger partial charge is 0.341 e. The number of methoxy groups -OCH3 is 1. The number of pyridine rings is 1. The summed E-state index contributed by atoms with van der Waals surface area (Å²) >= 11 is 0. The molecule has 1 aliphatic heterocycles. The van der Waals surface area contributed by atoms with Gasteiger partial charge in [0.25, 0.3) is 0 Å². The van der Waals surface area contributed by atoms with E-state index in [4.69, 9.17) is 14.6 Å². The van der Waals surface area contributed by atoms with E-state index in [1.165, 1.54) is 13.2 Å². The van der Waals surface area contributed by atoms with Crippen LogP contribution in [0.4, 0.5) is 0 Å². The summed E-state index contributed by atoms with van der Waals surface area (Å²) in [6.07, 6.45) is 2.03. The van der Waals surface area contributed by atoms with Crippen molar-refractivity contribution in [2.45, 2.75) is 18.8 Å². The predicted molar refractivity (Wildman–Crippen MR) is 60.5 cm³/mol. The number of carboxylic acid groups (broad SMARTS) is 1. The SMILES string of the molecule is COc1nc(C2CCCOC2)ccc1C(=O)O. The average Bonchev–Trinajstić information content (AvgIpc) is 2.39. The molecule has 92 valence electrons. The third-order valence-electron chi connectivity index (χ3n) is 2.88. The van der Waals surface area contributed by atoms with E-state index in [1.807, 2.05) is 0 Å². The highest BCUT2D eigenvalue weighted by molar-refractivity contribution is 5.90. The second kappa shape index (κ2) is 5.14. The molecule has 0 saturated carbocycles. The zero-order valence-electron chi connectivity index (χ0n) is 9.68. The molecule has 1 aromatic rings. The van der Waals surface area contributed by atoms with Gasteiger partial charge in [-0.25, -0.2) is 9.78 Å². The summed E-state index contributed by atoms with van der Waals surface area (Å²) in [5.41, 5.74) is 0.930. The lowest BCUT2D eigenvalue weighted by atomic mass is 9.97. The fourth-order valence-corrected chi connectivity index (χ4v) is 1.97. The average molecular weight is 237 g/mol. The molecule has 0 amide bonds. The number of ether oxygens (including phenoxy) is 2. The Morgan fingerprint density at radius 1 is 1.59 bits per heavy atom. The van der Waals surface area contributed by atoms with E-state index < -0.39 is 5.97 Å². The highest BCUT2D eigenvalue weighted by atomic mass is 16.5. The highest BCUT2D eigenvalue weighted by Crippen LogP contribution is 2.26. The maximum absolute atomic E-state index is 10.9. The minimum Gasteiger partial charge on any atom is -0.480 e. The number of hydrogen-bond acceptors (Lipinski definition) is 4. The van der Waals surface area contributed by atoms with E-state index in [9.17, 15) is 4.79 Å². The van der Waals surface area contributed by atoms with Gasteiger partial charge in [-0.1, -0.05) is 0 Å². The van der Waals surface area contributed by atoms with Crippen molar-refractivity contribution in [3.05, 3.63) is 23.4 Å². The lowest BCUT2D eigenvalue weighted by molar-refractivity contribution is 0.0691. The van der Waals surface area contributed by atoms with Crippen LogP contribution in [0.5, 0.6) is 5.88 Å². The van der Waals surface area contributed by atoms with Crippen LogP contribution in [-0.2, 0) is 4.74 Å². The predicted octanol–water partition coefficient (Wildman–Crippen LogP) is 1.68. The first kappa shape index (κ1) is 11.9. The first-order valence-corrected chi connectivity index (χ1v) is 5.58. The Bertz CT molecular complexity index is 413. The number of carboxylic acids is 1. The Morgan fingerprint density at radius 2 is 2.41 bits per heavy atom. The first-order chi connectivity index (χ1) is 8.22. The molecule has 5 heteroatoms. The highest BCUT2D eigenvalue weighted by Gasteiger charge is 2.20. The normalized spacial score (nSPS) is 19.9. The molecule has 5 nitrogen and oxygen atoms in total. The van der Waals surface area contributed by atoms with Gasteiger partial charge in [0.1, 0.15) is 5.56 Å². The molecule has 0 bridgehead atoms. The Morgan fingerprint density at radius 3 is 3.00 bits per heavy atom. The van der Waals surface area contributed by atoms with Gasteiger partial charge in [0.15, 0.2) is 0 Å². The lowest BCUT2D eigenvalue weighted by Crippen LogP contribution is -2.17. The first-order valence-electron chi connectivity index (χ1n) is 5.58. The Kier molecular flexibility index (Phi) is 3.58. The minimum absolute atomic E-state index is 0.0907. The maximum Gasteiger partial charge on any atom is 0.341 e. The molecule has 1 atom stereocenters. The van der Waals surface area contributed by atoms with Crippen LogP contribution >= 0.6 is 0 Å². The van der Waals surface area contributed by atoms with Crippen molar-refractivity contribution in [2.24, 2.45) is 0 Å². The summed E-state index contributed by atoms with van der Waals surface area (Å²) in [7, 11) is 1.43. The summed E-state index contributed by atoms with van der Waals surface area (Å²) in [5.74, 6) is -0.623. The number of hydrogen-bond donors (Lipinski definition) is 1. The third kappa shape index (κ3) is 2.55. The molecule has 1 aliphatic rings. The van der Waals surface area contributed by atoms with Crippen molar-refractivity contribution in [1.82, 2.24) is 4.98 Å². The fourth-order valence-electron chi connectivity index (χ4n) is 1.97. The van der Waals surface area contributed by atoms with Gasteiger partial charge in [0, 0.05) is 18.2 Å².